The van der Waals surface area contributed by atoms with Crippen LogP contribution in [0.1, 0.15) is 22.9 Å². The molecule has 0 aliphatic carbocycles. The fourth-order valence-electron chi connectivity index (χ4n) is 3.81. The third kappa shape index (κ3) is 3.34. The highest BCUT2D eigenvalue weighted by atomic mass is 16.5. The lowest BCUT2D eigenvalue weighted by atomic mass is 9.98. The van der Waals surface area contributed by atoms with Gasteiger partial charge >= 0.3 is 0 Å². The molecule has 7 nitrogen and oxygen atoms in total. The number of Topliss-reactive ketones (excluding diaryl/α,β-unsaturated/α-hetero) is 1. The van der Waals surface area contributed by atoms with Crippen LogP contribution in [0, 0.1) is 6.92 Å². The van der Waals surface area contributed by atoms with Gasteiger partial charge in [0.05, 0.1) is 31.7 Å². The van der Waals surface area contributed by atoms with E-state index in [0.29, 0.717) is 28.5 Å². The van der Waals surface area contributed by atoms with E-state index in [1.807, 2.05) is 6.92 Å². The number of hydrogen-bond acceptors (Lipinski definition) is 6. The van der Waals surface area contributed by atoms with Gasteiger partial charge in [-0.25, -0.2) is 0 Å². The number of carbonyl (C=O) groups is 2. The van der Waals surface area contributed by atoms with Crippen LogP contribution in [-0.4, -0.2) is 31.0 Å². The molecule has 7 heteroatoms. The molecule has 1 aromatic heterocycles. The Morgan fingerprint density at radius 1 is 1.00 bits per heavy atom. The summed E-state index contributed by atoms with van der Waals surface area (Å²) >= 11 is 0. The quantitative estimate of drug-likeness (QED) is 0.378. The van der Waals surface area contributed by atoms with Crippen LogP contribution in [0.25, 0.3) is 5.76 Å². The van der Waals surface area contributed by atoms with Crippen molar-refractivity contribution in [3.63, 3.8) is 0 Å². The second-order valence-electron chi connectivity index (χ2n) is 7.04. The summed E-state index contributed by atoms with van der Waals surface area (Å²) in [5.74, 6) is -0.467. The average Bonchev–Trinajstić information content (AvgIpc) is 3.40. The molecular weight excluding hydrogens is 398 g/mol. The maximum atomic E-state index is 13.1. The van der Waals surface area contributed by atoms with E-state index in [1.54, 1.807) is 61.7 Å². The largest absolute Gasteiger partial charge is 0.507 e. The number of para-hydroxylation sites is 2. The maximum Gasteiger partial charge on any atom is 0.300 e. The Hall–Kier alpha value is -4.00. The number of aliphatic hydroxyl groups is 1. The third-order valence-electron chi connectivity index (χ3n) is 5.27. The van der Waals surface area contributed by atoms with E-state index in [-0.39, 0.29) is 11.3 Å². The van der Waals surface area contributed by atoms with Crippen LogP contribution >= 0.6 is 0 Å². The fourth-order valence-corrected chi connectivity index (χ4v) is 3.81. The second kappa shape index (κ2) is 8.02. The number of anilines is 1. The summed E-state index contributed by atoms with van der Waals surface area (Å²) in [7, 11) is 3.04. The maximum absolute atomic E-state index is 13.1. The molecule has 3 aromatic rings. The molecule has 1 N–H and O–H groups in total. The Morgan fingerprint density at radius 3 is 2.39 bits per heavy atom. The minimum Gasteiger partial charge on any atom is -0.507 e. The molecule has 0 spiro atoms. The molecule has 1 amide bonds. The van der Waals surface area contributed by atoms with Crippen LogP contribution in [0.2, 0.25) is 0 Å². The molecule has 2 aromatic carbocycles. The standard InChI is InChI=1S/C24H21NO6/c1-14-13-15(10-11-17(14)29-2)22(26)20-21(19-9-6-12-31-19)25(24(28)23(20)27)16-7-4-5-8-18(16)30-3/h4-13,21,26H,1-3H3/b22-20-. The van der Waals surface area contributed by atoms with Crippen molar-refractivity contribution in [2.75, 3.05) is 19.1 Å². The Labute approximate surface area is 179 Å². The van der Waals surface area contributed by atoms with Crippen molar-refractivity contribution in [2.45, 2.75) is 13.0 Å². The highest BCUT2D eigenvalue weighted by molar-refractivity contribution is 6.51. The van der Waals surface area contributed by atoms with E-state index in [0.717, 1.165) is 5.56 Å². The first-order valence-electron chi connectivity index (χ1n) is 9.60. The summed E-state index contributed by atoms with van der Waals surface area (Å²) in [4.78, 5) is 27.5. The normalized spacial score (nSPS) is 17.8. The van der Waals surface area contributed by atoms with Gasteiger partial charge in [0, 0.05) is 5.56 Å². The molecule has 1 atom stereocenters. The van der Waals surface area contributed by atoms with Gasteiger partial charge in [0.25, 0.3) is 11.7 Å². The number of amides is 1. The zero-order valence-electron chi connectivity index (χ0n) is 17.3. The molecule has 1 aliphatic heterocycles. The van der Waals surface area contributed by atoms with Crippen LogP contribution in [0.4, 0.5) is 5.69 Å². The molecule has 2 heterocycles. The van der Waals surface area contributed by atoms with Crippen molar-refractivity contribution in [2.24, 2.45) is 0 Å². The average molecular weight is 419 g/mol. The lowest BCUT2D eigenvalue weighted by Gasteiger charge is -2.24. The number of rotatable bonds is 5. The van der Waals surface area contributed by atoms with Crippen LogP contribution in [0.15, 0.2) is 70.9 Å². The Bertz CT molecular complexity index is 1180. The van der Waals surface area contributed by atoms with Crippen molar-refractivity contribution < 1.29 is 28.6 Å². The number of furan rings is 1. The van der Waals surface area contributed by atoms with Crippen molar-refractivity contribution in [1.82, 2.24) is 0 Å². The smallest absolute Gasteiger partial charge is 0.300 e. The summed E-state index contributed by atoms with van der Waals surface area (Å²) in [5.41, 5.74) is 1.52. The van der Waals surface area contributed by atoms with Gasteiger partial charge in [-0.05, 0) is 55.0 Å². The second-order valence-corrected chi connectivity index (χ2v) is 7.04. The van der Waals surface area contributed by atoms with Crippen molar-refractivity contribution in [3.05, 3.63) is 83.3 Å². The van der Waals surface area contributed by atoms with Gasteiger partial charge in [-0.3, -0.25) is 14.5 Å². The summed E-state index contributed by atoms with van der Waals surface area (Å²) in [6.45, 7) is 1.83. The molecule has 0 saturated carbocycles. The van der Waals surface area contributed by atoms with Gasteiger partial charge in [-0.2, -0.15) is 0 Å². The van der Waals surface area contributed by atoms with E-state index in [9.17, 15) is 14.7 Å². The molecule has 158 valence electrons. The number of nitrogens with zero attached hydrogens (tertiary/aromatic N) is 1. The zero-order chi connectivity index (χ0) is 22.1. The lowest BCUT2D eigenvalue weighted by Crippen LogP contribution is -2.29. The number of methoxy groups -OCH3 is 2. The number of hydrogen-bond donors (Lipinski definition) is 1. The van der Waals surface area contributed by atoms with E-state index < -0.39 is 17.7 Å². The molecule has 4 rings (SSSR count). The molecule has 0 radical (unpaired) electrons. The molecule has 31 heavy (non-hydrogen) atoms. The third-order valence-corrected chi connectivity index (χ3v) is 5.27. The molecule has 1 saturated heterocycles. The minimum absolute atomic E-state index is 0.0598. The molecule has 1 fully saturated rings. The number of ketones is 1. The molecule has 1 unspecified atom stereocenters. The number of aliphatic hydroxyl groups excluding tert-OH is 1. The Kier molecular flexibility index (Phi) is 5.25. The number of ether oxygens (including phenoxy) is 2. The van der Waals surface area contributed by atoms with Gasteiger partial charge in [0.15, 0.2) is 0 Å². The van der Waals surface area contributed by atoms with E-state index >= 15 is 0 Å². The highest BCUT2D eigenvalue weighted by Gasteiger charge is 2.49. The van der Waals surface area contributed by atoms with Crippen molar-refractivity contribution >= 4 is 23.1 Å². The lowest BCUT2D eigenvalue weighted by molar-refractivity contribution is -0.132. The number of benzene rings is 2. The summed E-state index contributed by atoms with van der Waals surface area (Å²) in [6, 6.07) is 14.3. The van der Waals surface area contributed by atoms with Crippen molar-refractivity contribution in [1.29, 1.82) is 0 Å². The summed E-state index contributed by atoms with van der Waals surface area (Å²) in [5, 5.41) is 11.1. The molecular formula is C24H21NO6. The Morgan fingerprint density at radius 2 is 1.74 bits per heavy atom. The SMILES string of the molecule is COc1ccc(/C(O)=C2/C(=O)C(=O)N(c3ccccc3OC)C2c2ccco2)cc1C. The monoisotopic (exact) mass is 419 g/mol. The zero-order valence-corrected chi connectivity index (χ0v) is 17.3. The van der Waals surface area contributed by atoms with E-state index in [1.165, 1.54) is 18.3 Å². The number of carbonyl (C=O) groups excluding carboxylic acids is 2. The number of aryl methyl sites for hydroxylation is 1. The van der Waals surface area contributed by atoms with Crippen LogP contribution in [0.5, 0.6) is 11.5 Å². The van der Waals surface area contributed by atoms with E-state index in [4.69, 9.17) is 13.9 Å². The highest BCUT2D eigenvalue weighted by Crippen LogP contribution is 2.45. The first-order valence-corrected chi connectivity index (χ1v) is 9.60. The molecule has 0 bridgehead atoms. The van der Waals surface area contributed by atoms with Gasteiger partial charge in [-0.15, -0.1) is 0 Å². The first kappa shape index (κ1) is 20.3. The van der Waals surface area contributed by atoms with Crippen LogP contribution < -0.4 is 14.4 Å². The van der Waals surface area contributed by atoms with Gasteiger partial charge in [-0.1, -0.05) is 12.1 Å². The predicted molar refractivity (Wildman–Crippen MR) is 114 cm³/mol. The predicted octanol–water partition coefficient (Wildman–Crippen LogP) is 4.23. The minimum atomic E-state index is -0.950. The summed E-state index contributed by atoms with van der Waals surface area (Å²) < 4.78 is 16.2. The first-order chi connectivity index (χ1) is 15.0. The van der Waals surface area contributed by atoms with Gasteiger partial charge < -0.3 is 19.0 Å². The fraction of sp³-hybridized carbons (Fsp3) is 0.167. The molecule has 1 aliphatic rings. The summed E-state index contributed by atoms with van der Waals surface area (Å²) in [6.07, 6.45) is 1.45. The Balaban J connectivity index is 1.93. The van der Waals surface area contributed by atoms with Crippen LogP contribution in [0.3, 0.4) is 0 Å². The van der Waals surface area contributed by atoms with Crippen molar-refractivity contribution in [3.8, 4) is 11.5 Å². The van der Waals surface area contributed by atoms with Crippen LogP contribution in [-0.2, 0) is 9.59 Å². The van der Waals surface area contributed by atoms with E-state index in [2.05, 4.69) is 0 Å². The van der Waals surface area contributed by atoms with Gasteiger partial charge in [0.1, 0.15) is 29.1 Å². The topological polar surface area (TPSA) is 89.2 Å². The van der Waals surface area contributed by atoms with Gasteiger partial charge in [0.2, 0.25) is 0 Å².